The van der Waals surface area contributed by atoms with E-state index in [1.807, 2.05) is 44.1 Å². The molecule has 2 aromatic rings. The lowest BCUT2D eigenvalue weighted by Crippen LogP contribution is -2.31. The number of para-hydroxylation sites is 1. The molecule has 0 aliphatic carbocycles. The van der Waals surface area contributed by atoms with Crippen molar-refractivity contribution in [3.8, 4) is 0 Å². The minimum Gasteiger partial charge on any atom is -0.351 e. The van der Waals surface area contributed by atoms with Gasteiger partial charge in [0.1, 0.15) is 0 Å². The van der Waals surface area contributed by atoms with Crippen molar-refractivity contribution in [1.29, 1.82) is 0 Å². The first kappa shape index (κ1) is 20.6. The number of benzene rings is 2. The fourth-order valence-corrected chi connectivity index (χ4v) is 2.82. The largest absolute Gasteiger partial charge is 0.351 e. The maximum atomic E-state index is 12.8. The van der Waals surface area contributed by atoms with Gasteiger partial charge in [-0.25, -0.2) is 0 Å². The number of hydrogen-bond acceptors (Lipinski definition) is 3. The van der Waals surface area contributed by atoms with Crippen LogP contribution in [-0.2, 0) is 0 Å². The number of aryl methyl sites for hydroxylation is 1. The van der Waals surface area contributed by atoms with Crippen LogP contribution in [0.15, 0.2) is 42.5 Å². The Labute approximate surface area is 161 Å². The third-order valence-electron chi connectivity index (χ3n) is 4.40. The van der Waals surface area contributed by atoms with Gasteiger partial charge in [0.15, 0.2) is 0 Å². The van der Waals surface area contributed by atoms with Crippen LogP contribution in [0.2, 0.25) is 0 Å². The van der Waals surface area contributed by atoms with E-state index in [0.717, 1.165) is 23.4 Å². The quantitative estimate of drug-likeness (QED) is 0.785. The molecule has 0 radical (unpaired) electrons. The highest BCUT2D eigenvalue weighted by Gasteiger charge is 2.15. The van der Waals surface area contributed by atoms with Crippen molar-refractivity contribution in [2.45, 2.75) is 26.7 Å². The number of nitrogens with one attached hydrogen (secondary N) is 2. The van der Waals surface area contributed by atoms with E-state index in [2.05, 4.69) is 24.5 Å². The van der Waals surface area contributed by atoms with Crippen LogP contribution >= 0.6 is 0 Å². The topological polar surface area (TPSA) is 61.4 Å². The first-order valence-corrected chi connectivity index (χ1v) is 9.23. The summed E-state index contributed by atoms with van der Waals surface area (Å²) in [6.45, 7) is 7.50. The summed E-state index contributed by atoms with van der Waals surface area (Å²) in [6.07, 6.45) is 0. The summed E-state index contributed by atoms with van der Waals surface area (Å²) < 4.78 is 0. The third kappa shape index (κ3) is 5.66. The van der Waals surface area contributed by atoms with E-state index in [-0.39, 0.29) is 11.8 Å². The molecule has 0 aliphatic rings. The van der Waals surface area contributed by atoms with Gasteiger partial charge in [0.25, 0.3) is 11.8 Å². The van der Waals surface area contributed by atoms with Gasteiger partial charge in [-0.3, -0.25) is 9.59 Å². The maximum Gasteiger partial charge on any atom is 0.255 e. The third-order valence-corrected chi connectivity index (χ3v) is 4.40. The highest BCUT2D eigenvalue weighted by atomic mass is 16.2. The standard InChI is InChI=1S/C22H29N3O2/c1-15(2)19-11-6-8-16(3)20(19)24-22(27)18-10-7-9-17(14-18)21(26)23-12-13-25(4)5/h6-11,14-15H,12-13H2,1-5H3,(H,23,26)(H,24,27). The van der Waals surface area contributed by atoms with Gasteiger partial charge in [-0.1, -0.05) is 38.1 Å². The fourth-order valence-electron chi connectivity index (χ4n) is 2.82. The summed E-state index contributed by atoms with van der Waals surface area (Å²) in [5, 5.41) is 5.89. The van der Waals surface area contributed by atoms with Gasteiger partial charge in [0.2, 0.25) is 0 Å². The number of carbonyl (C=O) groups excluding carboxylic acids is 2. The zero-order valence-corrected chi connectivity index (χ0v) is 16.8. The number of likely N-dealkylation sites (N-methyl/N-ethyl adjacent to an activating group) is 1. The van der Waals surface area contributed by atoms with Crippen molar-refractivity contribution >= 4 is 17.5 Å². The summed E-state index contributed by atoms with van der Waals surface area (Å²) in [4.78, 5) is 27.1. The van der Waals surface area contributed by atoms with Crippen LogP contribution in [0.3, 0.4) is 0 Å². The Bertz CT molecular complexity index is 813. The summed E-state index contributed by atoms with van der Waals surface area (Å²) in [7, 11) is 3.90. The monoisotopic (exact) mass is 367 g/mol. The van der Waals surface area contributed by atoms with E-state index in [4.69, 9.17) is 0 Å². The number of rotatable bonds is 7. The van der Waals surface area contributed by atoms with Crippen molar-refractivity contribution in [3.63, 3.8) is 0 Å². The zero-order chi connectivity index (χ0) is 20.0. The molecule has 0 unspecified atom stereocenters. The predicted molar refractivity (Wildman–Crippen MR) is 111 cm³/mol. The van der Waals surface area contributed by atoms with Crippen LogP contribution in [0.25, 0.3) is 0 Å². The summed E-state index contributed by atoms with van der Waals surface area (Å²) in [5.74, 6) is -0.0894. The molecule has 2 N–H and O–H groups in total. The zero-order valence-electron chi connectivity index (χ0n) is 16.8. The van der Waals surface area contributed by atoms with E-state index in [9.17, 15) is 9.59 Å². The maximum absolute atomic E-state index is 12.8. The molecule has 0 atom stereocenters. The molecule has 0 saturated heterocycles. The average Bonchev–Trinajstić information content (AvgIpc) is 2.62. The van der Waals surface area contributed by atoms with Gasteiger partial charge in [0, 0.05) is 29.9 Å². The van der Waals surface area contributed by atoms with Gasteiger partial charge in [-0.15, -0.1) is 0 Å². The minimum absolute atomic E-state index is 0.176. The lowest BCUT2D eigenvalue weighted by molar-refractivity contribution is 0.0951. The van der Waals surface area contributed by atoms with Crippen molar-refractivity contribution in [1.82, 2.24) is 10.2 Å². The first-order chi connectivity index (χ1) is 12.8. The Kier molecular flexibility index (Phi) is 7.13. The molecule has 0 heterocycles. The summed E-state index contributed by atoms with van der Waals surface area (Å²) in [6, 6.07) is 12.8. The Morgan fingerprint density at radius 1 is 1.00 bits per heavy atom. The number of carbonyl (C=O) groups is 2. The molecule has 0 saturated carbocycles. The predicted octanol–water partition coefficient (Wildman–Crippen LogP) is 3.66. The molecular formula is C22H29N3O2. The van der Waals surface area contributed by atoms with Gasteiger partial charge < -0.3 is 15.5 Å². The Hall–Kier alpha value is -2.66. The smallest absolute Gasteiger partial charge is 0.255 e. The van der Waals surface area contributed by atoms with Crippen molar-refractivity contribution in [3.05, 3.63) is 64.7 Å². The Morgan fingerprint density at radius 2 is 1.63 bits per heavy atom. The first-order valence-electron chi connectivity index (χ1n) is 9.23. The van der Waals surface area contributed by atoms with Crippen molar-refractivity contribution in [2.24, 2.45) is 0 Å². The lowest BCUT2D eigenvalue weighted by Gasteiger charge is -2.16. The molecule has 0 spiro atoms. The number of nitrogens with zero attached hydrogens (tertiary/aromatic N) is 1. The van der Waals surface area contributed by atoms with Crippen LogP contribution in [-0.4, -0.2) is 43.9 Å². The molecule has 5 heteroatoms. The normalized spacial score (nSPS) is 10.9. The fraction of sp³-hybridized carbons (Fsp3) is 0.364. The average molecular weight is 367 g/mol. The Morgan fingerprint density at radius 3 is 2.26 bits per heavy atom. The van der Waals surface area contributed by atoms with Crippen LogP contribution in [0.1, 0.15) is 51.6 Å². The molecular weight excluding hydrogens is 338 g/mol. The second kappa shape index (κ2) is 9.33. The summed E-state index contributed by atoms with van der Waals surface area (Å²) >= 11 is 0. The van der Waals surface area contributed by atoms with Crippen LogP contribution < -0.4 is 10.6 Å². The highest BCUT2D eigenvalue weighted by molar-refractivity contribution is 6.06. The lowest BCUT2D eigenvalue weighted by atomic mass is 9.98. The van der Waals surface area contributed by atoms with E-state index in [0.29, 0.717) is 23.6 Å². The second-order valence-corrected chi connectivity index (χ2v) is 7.29. The van der Waals surface area contributed by atoms with Gasteiger partial charge in [-0.05, 0) is 56.3 Å². The van der Waals surface area contributed by atoms with Gasteiger partial charge in [0.05, 0.1) is 0 Å². The molecule has 144 valence electrons. The van der Waals surface area contributed by atoms with E-state index in [1.54, 1.807) is 24.3 Å². The molecule has 2 rings (SSSR count). The number of hydrogen-bond donors (Lipinski definition) is 2. The molecule has 0 aromatic heterocycles. The molecule has 0 bridgehead atoms. The number of amides is 2. The van der Waals surface area contributed by atoms with Crippen molar-refractivity contribution < 1.29 is 9.59 Å². The van der Waals surface area contributed by atoms with Gasteiger partial charge >= 0.3 is 0 Å². The highest BCUT2D eigenvalue weighted by Crippen LogP contribution is 2.27. The number of anilines is 1. The molecule has 27 heavy (non-hydrogen) atoms. The molecule has 2 amide bonds. The molecule has 5 nitrogen and oxygen atoms in total. The van der Waals surface area contributed by atoms with Gasteiger partial charge in [-0.2, -0.15) is 0 Å². The molecule has 0 fully saturated rings. The van der Waals surface area contributed by atoms with Crippen molar-refractivity contribution in [2.75, 3.05) is 32.5 Å². The van der Waals surface area contributed by atoms with Crippen LogP contribution in [0.5, 0.6) is 0 Å². The minimum atomic E-state index is -0.214. The van der Waals surface area contributed by atoms with Crippen LogP contribution in [0, 0.1) is 6.92 Å². The van der Waals surface area contributed by atoms with E-state index in [1.165, 1.54) is 0 Å². The van der Waals surface area contributed by atoms with E-state index < -0.39 is 0 Å². The van der Waals surface area contributed by atoms with E-state index >= 15 is 0 Å². The van der Waals surface area contributed by atoms with Crippen LogP contribution in [0.4, 0.5) is 5.69 Å². The molecule has 2 aromatic carbocycles. The Balaban J connectivity index is 2.15. The SMILES string of the molecule is Cc1cccc(C(C)C)c1NC(=O)c1cccc(C(=O)NCCN(C)C)c1. The second-order valence-electron chi connectivity index (χ2n) is 7.29. The summed E-state index contributed by atoms with van der Waals surface area (Å²) in [5.41, 5.74) is 3.91. The molecule has 0 aliphatic heterocycles.